The van der Waals surface area contributed by atoms with Gasteiger partial charge in [0.1, 0.15) is 17.2 Å². The maximum absolute atomic E-state index is 13.6. The van der Waals surface area contributed by atoms with Crippen molar-refractivity contribution in [2.75, 3.05) is 13.7 Å². The molecule has 34 heavy (non-hydrogen) atoms. The number of carbonyl (C=O) groups is 4. The second-order valence-electron chi connectivity index (χ2n) is 11.8. The van der Waals surface area contributed by atoms with Crippen LogP contribution in [0.15, 0.2) is 0 Å². The number of nitrogens with one attached hydrogen (secondary N) is 2. The van der Waals surface area contributed by atoms with Crippen LogP contribution in [0.3, 0.4) is 0 Å². The third kappa shape index (κ3) is 5.91. The van der Waals surface area contributed by atoms with Gasteiger partial charge in [0.2, 0.25) is 5.91 Å². The number of methoxy groups -OCH3 is 1. The summed E-state index contributed by atoms with van der Waals surface area (Å²) in [5.74, 6) is -3.51. The highest BCUT2D eigenvalue weighted by molar-refractivity contribution is 6.74. The Kier molecular flexibility index (Phi) is 7.84. The highest BCUT2D eigenvalue weighted by Gasteiger charge is 2.72. The maximum atomic E-state index is 13.6. The van der Waals surface area contributed by atoms with Crippen LogP contribution in [0, 0.1) is 17.8 Å². The largest absolute Gasteiger partial charge is 0.480 e. The molecule has 2 fully saturated rings. The molecule has 2 amide bonds. The van der Waals surface area contributed by atoms with Gasteiger partial charge >= 0.3 is 18.0 Å². The van der Waals surface area contributed by atoms with Gasteiger partial charge in [-0.2, -0.15) is 0 Å². The fourth-order valence-electron chi connectivity index (χ4n) is 4.35. The monoisotopic (exact) mass is 500 g/mol. The molecule has 0 unspecified atom stereocenters. The van der Waals surface area contributed by atoms with Crippen molar-refractivity contribution in [3.8, 4) is 0 Å². The number of hydrogen-bond donors (Lipinski definition) is 3. The van der Waals surface area contributed by atoms with Crippen LogP contribution in [0.5, 0.6) is 0 Å². The summed E-state index contributed by atoms with van der Waals surface area (Å²) in [6.45, 7) is 15.0. The minimum Gasteiger partial charge on any atom is -0.480 e. The average molecular weight is 501 g/mol. The van der Waals surface area contributed by atoms with Crippen LogP contribution in [-0.4, -0.2) is 68.3 Å². The molecule has 3 N–H and O–H groups in total. The lowest BCUT2D eigenvalue weighted by molar-refractivity contribution is -0.146. The van der Waals surface area contributed by atoms with Gasteiger partial charge in [0.05, 0.1) is 19.6 Å². The minimum atomic E-state index is -2.27. The second kappa shape index (κ2) is 9.48. The van der Waals surface area contributed by atoms with Gasteiger partial charge in [-0.1, -0.05) is 20.8 Å². The molecule has 2 aliphatic rings. The average Bonchev–Trinajstić information content (AvgIpc) is 3.29. The van der Waals surface area contributed by atoms with Gasteiger partial charge in [-0.05, 0) is 57.7 Å². The van der Waals surface area contributed by atoms with Gasteiger partial charge in [0.15, 0.2) is 8.32 Å². The molecule has 2 rings (SSSR count). The SMILES string of the molecule is COC(=O)[C@H]1[C@@H]2CC[C@@](NC(=O)OC(C)(C)C)(C(=O)N[C@@H](CO[Si](C)(C)C(C)(C)C)C(=O)O)[C@@H]21. The lowest BCUT2D eigenvalue weighted by atomic mass is 9.88. The van der Waals surface area contributed by atoms with Gasteiger partial charge in [-0.3, -0.25) is 9.59 Å². The summed E-state index contributed by atoms with van der Waals surface area (Å²) in [6.07, 6.45) is -0.0226. The highest BCUT2D eigenvalue weighted by Crippen LogP contribution is 2.62. The molecule has 0 saturated heterocycles. The molecule has 0 aliphatic heterocycles. The summed E-state index contributed by atoms with van der Waals surface area (Å²) in [7, 11) is -0.994. The summed E-state index contributed by atoms with van der Waals surface area (Å²) in [5.41, 5.74) is -2.28. The van der Waals surface area contributed by atoms with Crippen LogP contribution in [0.25, 0.3) is 0 Å². The number of amides is 2. The van der Waals surface area contributed by atoms with Gasteiger partial charge in [-0.15, -0.1) is 0 Å². The third-order valence-electron chi connectivity index (χ3n) is 7.23. The molecule has 0 aromatic heterocycles. The molecular formula is C23H40N2O8Si. The van der Waals surface area contributed by atoms with E-state index in [9.17, 15) is 24.3 Å². The van der Waals surface area contributed by atoms with Crippen molar-refractivity contribution in [3.63, 3.8) is 0 Å². The lowest BCUT2D eigenvalue weighted by Crippen LogP contribution is -2.63. The first-order valence-corrected chi connectivity index (χ1v) is 14.5. The number of hydrogen-bond acceptors (Lipinski definition) is 7. The van der Waals surface area contributed by atoms with Crippen LogP contribution in [0.2, 0.25) is 18.1 Å². The van der Waals surface area contributed by atoms with Gasteiger partial charge in [-0.25, -0.2) is 9.59 Å². The number of carbonyl (C=O) groups excluding carboxylic acids is 3. The van der Waals surface area contributed by atoms with E-state index in [1.807, 2.05) is 33.9 Å². The summed E-state index contributed by atoms with van der Waals surface area (Å²) in [6, 6.07) is -1.31. The van der Waals surface area contributed by atoms with E-state index in [-0.39, 0.29) is 24.0 Å². The predicted molar refractivity (Wildman–Crippen MR) is 127 cm³/mol. The van der Waals surface area contributed by atoms with Crippen LogP contribution in [0.1, 0.15) is 54.4 Å². The molecule has 194 valence electrons. The Balaban J connectivity index is 2.26. The number of carboxylic acid groups (broad SMARTS) is 1. The Hall–Kier alpha value is -2.14. The van der Waals surface area contributed by atoms with Crippen LogP contribution >= 0.6 is 0 Å². The van der Waals surface area contributed by atoms with E-state index >= 15 is 0 Å². The number of aliphatic carboxylic acids is 1. The van der Waals surface area contributed by atoms with E-state index in [1.54, 1.807) is 20.8 Å². The fourth-order valence-corrected chi connectivity index (χ4v) is 5.36. The van der Waals surface area contributed by atoms with Crippen molar-refractivity contribution in [3.05, 3.63) is 0 Å². The van der Waals surface area contributed by atoms with E-state index in [0.29, 0.717) is 6.42 Å². The number of rotatable bonds is 8. The van der Waals surface area contributed by atoms with Crippen molar-refractivity contribution >= 4 is 32.3 Å². The number of ether oxygens (including phenoxy) is 2. The van der Waals surface area contributed by atoms with Crippen molar-refractivity contribution in [1.82, 2.24) is 10.6 Å². The Morgan fingerprint density at radius 2 is 1.71 bits per heavy atom. The summed E-state index contributed by atoms with van der Waals surface area (Å²) >= 11 is 0. The molecule has 2 saturated carbocycles. The number of fused-ring (bicyclic) bond motifs is 1. The molecule has 0 aromatic rings. The van der Waals surface area contributed by atoms with E-state index < -0.39 is 61.3 Å². The van der Waals surface area contributed by atoms with Crippen molar-refractivity contribution in [2.45, 2.75) is 89.7 Å². The molecule has 0 heterocycles. The van der Waals surface area contributed by atoms with Crippen LogP contribution < -0.4 is 10.6 Å². The Morgan fingerprint density at radius 1 is 1.12 bits per heavy atom. The van der Waals surface area contributed by atoms with Crippen molar-refractivity contribution in [2.24, 2.45) is 17.8 Å². The quantitative estimate of drug-likeness (QED) is 0.341. The zero-order valence-corrected chi connectivity index (χ0v) is 22.7. The molecule has 10 nitrogen and oxygen atoms in total. The number of alkyl carbamates (subject to hydrolysis) is 1. The molecule has 0 aromatic carbocycles. The molecule has 2 aliphatic carbocycles. The second-order valence-corrected chi connectivity index (χ2v) is 16.6. The normalized spacial score (nSPS) is 27.3. The molecule has 0 bridgehead atoms. The zero-order chi connectivity index (χ0) is 26.3. The first-order chi connectivity index (χ1) is 15.4. The first kappa shape index (κ1) is 28.1. The topological polar surface area (TPSA) is 140 Å². The molecule has 0 radical (unpaired) electrons. The maximum Gasteiger partial charge on any atom is 0.408 e. The Labute approximate surface area is 202 Å². The van der Waals surface area contributed by atoms with Crippen LogP contribution in [0.4, 0.5) is 4.79 Å². The molecule has 5 atom stereocenters. The van der Waals surface area contributed by atoms with Crippen molar-refractivity contribution in [1.29, 1.82) is 0 Å². The predicted octanol–water partition coefficient (Wildman–Crippen LogP) is 2.67. The molecule has 11 heteroatoms. The Morgan fingerprint density at radius 3 is 2.18 bits per heavy atom. The summed E-state index contributed by atoms with van der Waals surface area (Å²) in [5, 5.41) is 14.9. The van der Waals surface area contributed by atoms with Crippen molar-refractivity contribution < 1.29 is 38.2 Å². The Bertz CT molecular complexity index is 832. The van der Waals surface area contributed by atoms with E-state index in [2.05, 4.69) is 10.6 Å². The van der Waals surface area contributed by atoms with E-state index in [4.69, 9.17) is 13.9 Å². The molecular weight excluding hydrogens is 460 g/mol. The third-order valence-corrected chi connectivity index (χ3v) is 11.7. The standard InChI is InChI=1S/C23H40N2O8Si/c1-21(2,3)33-20(30)25-23(11-10-13-15(16(13)23)18(28)31-7)19(29)24-14(17(26)27)12-32-34(8,9)22(4,5)6/h13-16H,10-12H2,1-9H3,(H,24,29)(H,25,30)(H,26,27)/t13-,14-,15-,16-,23-/m0/s1. The summed E-state index contributed by atoms with van der Waals surface area (Å²) < 4.78 is 16.3. The zero-order valence-electron chi connectivity index (χ0n) is 21.7. The van der Waals surface area contributed by atoms with E-state index in [0.717, 1.165) is 0 Å². The first-order valence-electron chi connectivity index (χ1n) is 11.6. The minimum absolute atomic E-state index is 0.125. The van der Waals surface area contributed by atoms with Crippen LogP contribution in [-0.2, 0) is 28.3 Å². The highest BCUT2D eigenvalue weighted by atomic mass is 28.4. The molecule has 0 spiro atoms. The fraction of sp³-hybridized carbons (Fsp3) is 0.826. The smallest absolute Gasteiger partial charge is 0.408 e. The van der Waals surface area contributed by atoms with E-state index in [1.165, 1.54) is 7.11 Å². The van der Waals surface area contributed by atoms with Gasteiger partial charge < -0.3 is 29.6 Å². The van der Waals surface area contributed by atoms with Gasteiger partial charge in [0, 0.05) is 5.92 Å². The number of carboxylic acids is 1. The number of esters is 1. The van der Waals surface area contributed by atoms with Gasteiger partial charge in [0.25, 0.3) is 0 Å². The lowest BCUT2D eigenvalue weighted by Gasteiger charge is -2.37. The summed E-state index contributed by atoms with van der Waals surface area (Å²) in [4.78, 5) is 50.4.